The minimum Gasteiger partial charge on any atom is -0.478 e. The maximum atomic E-state index is 11.6. The molecular weight excluding hydrogens is 527 g/mol. The number of fused-ring (bicyclic) bond motifs is 1. The van der Waals surface area contributed by atoms with Crippen LogP contribution < -0.4 is 0 Å². The van der Waals surface area contributed by atoms with Gasteiger partial charge < -0.3 is 24.0 Å². The summed E-state index contributed by atoms with van der Waals surface area (Å²) in [4.78, 5) is 11.6. The number of rotatable bonds is 7. The Morgan fingerprint density at radius 2 is 1.87 bits per heavy atom. The van der Waals surface area contributed by atoms with Crippen LogP contribution in [0, 0.1) is 0 Å². The molecule has 9 heteroatoms. The number of aliphatic hydroxyl groups is 1. The third-order valence-electron chi connectivity index (χ3n) is 7.95. The van der Waals surface area contributed by atoms with Gasteiger partial charge in [0.2, 0.25) is 0 Å². The lowest BCUT2D eigenvalue weighted by Crippen LogP contribution is -2.34. The quantitative estimate of drug-likeness (QED) is 0.253. The second-order valence-corrected chi connectivity index (χ2v) is 11.3. The Hall–Kier alpha value is -2.84. The largest absolute Gasteiger partial charge is 0.478 e. The molecule has 2 aromatic heterocycles. The van der Waals surface area contributed by atoms with E-state index in [0.717, 1.165) is 35.2 Å². The molecule has 0 atom stereocenters. The first-order valence-electron chi connectivity index (χ1n) is 12.8. The summed E-state index contributed by atoms with van der Waals surface area (Å²) in [5.41, 5.74) is 3.04. The zero-order chi connectivity index (χ0) is 26.6. The zero-order valence-corrected chi connectivity index (χ0v) is 22.4. The van der Waals surface area contributed by atoms with Crippen LogP contribution in [0.15, 0.2) is 47.1 Å². The summed E-state index contributed by atoms with van der Waals surface area (Å²) in [5.74, 6) is 0.235. The number of aromatic nitrogens is 2. The summed E-state index contributed by atoms with van der Waals surface area (Å²) in [6.45, 7) is 0.336. The lowest BCUT2D eigenvalue weighted by atomic mass is 9.78. The first-order valence-corrected chi connectivity index (χ1v) is 13.6. The molecule has 0 bridgehead atoms. The number of ether oxygens (including phenoxy) is 1. The van der Waals surface area contributed by atoms with Gasteiger partial charge in [0.25, 0.3) is 0 Å². The van der Waals surface area contributed by atoms with E-state index in [4.69, 9.17) is 32.5 Å². The SMILES string of the molecule is Cn1cc(C(=O)O)c2ccc([C@]3(O)CC[C@@H](OCc4c(-c5c(Cl)cccc5Cl)noc4C4CC4)CC3)cc21. The molecule has 2 fully saturated rings. The van der Waals surface area contributed by atoms with E-state index in [9.17, 15) is 15.0 Å². The van der Waals surface area contributed by atoms with Crippen LogP contribution >= 0.6 is 23.2 Å². The molecule has 2 N–H and O–H groups in total. The van der Waals surface area contributed by atoms with E-state index < -0.39 is 11.6 Å². The van der Waals surface area contributed by atoms with Crippen molar-refractivity contribution in [1.82, 2.24) is 9.72 Å². The number of aryl methyl sites for hydroxylation is 1. The molecule has 7 nitrogen and oxygen atoms in total. The Balaban J connectivity index is 1.18. The molecule has 2 aliphatic carbocycles. The standard InChI is InChI=1S/C29H28Cl2N2O5/c1-33-14-20(28(34)35)19-8-7-17(13-24(19)33)29(36)11-9-18(10-12-29)37-15-21-26(32-38-27(21)16-5-6-16)25-22(30)3-2-4-23(25)31/h2-4,7-8,13-14,16,18,36H,5-6,9-12,15H2,1H3,(H,34,35)/t18-,29+. The molecular formula is C29H28Cl2N2O5. The predicted molar refractivity (Wildman–Crippen MR) is 145 cm³/mol. The van der Waals surface area contributed by atoms with Crippen LogP contribution in [0.25, 0.3) is 22.2 Å². The molecule has 198 valence electrons. The highest BCUT2D eigenvalue weighted by Gasteiger charge is 2.37. The van der Waals surface area contributed by atoms with Crippen molar-refractivity contribution in [3.63, 3.8) is 0 Å². The summed E-state index contributed by atoms with van der Waals surface area (Å²) in [7, 11) is 1.82. The number of halogens is 2. The number of carbonyl (C=O) groups is 1. The van der Waals surface area contributed by atoms with Crippen LogP contribution in [0.2, 0.25) is 10.0 Å². The number of benzene rings is 2. The number of hydrogen-bond donors (Lipinski definition) is 2. The van der Waals surface area contributed by atoms with Crippen LogP contribution in [-0.4, -0.2) is 32.0 Å². The fourth-order valence-corrected chi connectivity index (χ4v) is 6.19. The fourth-order valence-electron chi connectivity index (χ4n) is 5.62. The number of hydrogen-bond acceptors (Lipinski definition) is 5. The van der Waals surface area contributed by atoms with Crippen molar-refractivity contribution in [3.05, 3.63) is 75.1 Å². The Bertz CT molecular complexity index is 1510. The summed E-state index contributed by atoms with van der Waals surface area (Å²) < 4.78 is 13.9. The van der Waals surface area contributed by atoms with Crippen molar-refractivity contribution in [2.24, 2.45) is 7.05 Å². The van der Waals surface area contributed by atoms with Gasteiger partial charge in [0, 0.05) is 41.2 Å². The molecule has 0 radical (unpaired) electrons. The molecule has 2 aromatic carbocycles. The van der Waals surface area contributed by atoms with Gasteiger partial charge in [0.15, 0.2) is 0 Å². The van der Waals surface area contributed by atoms with Crippen LogP contribution in [0.4, 0.5) is 0 Å². The van der Waals surface area contributed by atoms with Crippen LogP contribution in [-0.2, 0) is 24.0 Å². The molecule has 6 rings (SSSR count). The Labute approximate surface area is 229 Å². The van der Waals surface area contributed by atoms with E-state index in [2.05, 4.69) is 5.16 Å². The van der Waals surface area contributed by atoms with Crippen molar-refractivity contribution in [1.29, 1.82) is 0 Å². The van der Waals surface area contributed by atoms with Crippen molar-refractivity contribution in [2.45, 2.75) is 62.8 Å². The average molecular weight is 555 g/mol. The second-order valence-electron chi connectivity index (χ2n) is 10.5. The normalized spacial score (nSPS) is 21.7. The first kappa shape index (κ1) is 25.4. The van der Waals surface area contributed by atoms with Crippen LogP contribution in [0.3, 0.4) is 0 Å². The minimum atomic E-state index is -0.992. The van der Waals surface area contributed by atoms with Gasteiger partial charge in [-0.1, -0.05) is 46.6 Å². The molecule has 0 amide bonds. The monoisotopic (exact) mass is 554 g/mol. The van der Waals surface area contributed by atoms with E-state index in [-0.39, 0.29) is 11.7 Å². The summed E-state index contributed by atoms with van der Waals surface area (Å²) in [6, 6.07) is 10.9. The van der Waals surface area contributed by atoms with Gasteiger partial charge in [-0.25, -0.2) is 4.79 Å². The summed E-state index contributed by atoms with van der Waals surface area (Å²) >= 11 is 13.0. The first-order chi connectivity index (χ1) is 18.2. The number of aromatic carboxylic acids is 1. The molecule has 4 aromatic rings. The average Bonchev–Trinajstić information content (AvgIpc) is 3.57. The molecule has 2 aliphatic rings. The van der Waals surface area contributed by atoms with Gasteiger partial charge in [0.1, 0.15) is 11.5 Å². The van der Waals surface area contributed by atoms with Gasteiger partial charge in [-0.3, -0.25) is 0 Å². The van der Waals surface area contributed by atoms with Gasteiger partial charge in [-0.15, -0.1) is 0 Å². The van der Waals surface area contributed by atoms with Crippen LogP contribution in [0.5, 0.6) is 0 Å². The smallest absolute Gasteiger partial charge is 0.337 e. The fraction of sp³-hybridized carbons (Fsp3) is 0.379. The minimum absolute atomic E-state index is 0.0239. The summed E-state index contributed by atoms with van der Waals surface area (Å²) in [6.07, 6.45) is 6.17. The maximum absolute atomic E-state index is 11.6. The van der Waals surface area contributed by atoms with E-state index in [1.807, 2.05) is 19.2 Å². The molecule has 2 heterocycles. The predicted octanol–water partition coefficient (Wildman–Crippen LogP) is 7.06. The topological polar surface area (TPSA) is 97.7 Å². The van der Waals surface area contributed by atoms with Crippen molar-refractivity contribution in [3.8, 4) is 11.3 Å². The second kappa shape index (κ2) is 9.72. The number of carboxylic acid groups (broad SMARTS) is 1. The molecule has 0 unspecified atom stereocenters. The lowest BCUT2D eigenvalue weighted by molar-refractivity contribution is -0.0640. The van der Waals surface area contributed by atoms with E-state index in [1.54, 1.807) is 35.0 Å². The molecule has 2 saturated carbocycles. The van der Waals surface area contributed by atoms with Gasteiger partial charge in [0.05, 0.1) is 33.9 Å². The van der Waals surface area contributed by atoms with Crippen molar-refractivity contribution >= 4 is 40.1 Å². The van der Waals surface area contributed by atoms with Crippen molar-refractivity contribution < 1.29 is 24.3 Å². The Morgan fingerprint density at radius 3 is 2.53 bits per heavy atom. The zero-order valence-electron chi connectivity index (χ0n) is 20.9. The molecule has 0 spiro atoms. The molecule has 0 aliphatic heterocycles. The van der Waals surface area contributed by atoms with Gasteiger partial charge in [-0.2, -0.15) is 0 Å². The van der Waals surface area contributed by atoms with Gasteiger partial charge >= 0.3 is 5.97 Å². The third-order valence-corrected chi connectivity index (χ3v) is 8.58. The van der Waals surface area contributed by atoms with E-state index in [1.165, 1.54) is 0 Å². The van der Waals surface area contributed by atoms with Gasteiger partial charge in [-0.05, 0) is 62.3 Å². The third kappa shape index (κ3) is 4.51. The Morgan fingerprint density at radius 1 is 1.16 bits per heavy atom. The van der Waals surface area contributed by atoms with Crippen molar-refractivity contribution in [2.75, 3.05) is 0 Å². The Kier molecular flexibility index (Phi) is 6.51. The van der Waals surface area contributed by atoms with E-state index in [0.29, 0.717) is 64.9 Å². The van der Waals surface area contributed by atoms with E-state index >= 15 is 0 Å². The maximum Gasteiger partial charge on any atom is 0.337 e. The van der Waals surface area contributed by atoms with Crippen LogP contribution in [0.1, 0.15) is 71.7 Å². The number of carboxylic acids is 1. The highest BCUT2D eigenvalue weighted by Crippen LogP contribution is 2.46. The number of nitrogens with zero attached hydrogens (tertiary/aromatic N) is 2. The molecule has 0 saturated heterocycles. The summed E-state index contributed by atoms with van der Waals surface area (Å²) in [5, 5.41) is 27.0. The highest BCUT2D eigenvalue weighted by atomic mass is 35.5. The lowest BCUT2D eigenvalue weighted by Gasteiger charge is -2.36. The molecule has 38 heavy (non-hydrogen) atoms. The highest BCUT2D eigenvalue weighted by molar-refractivity contribution is 6.39.